The number of benzene rings is 1. The fourth-order valence-electron chi connectivity index (χ4n) is 1.73. The molecule has 0 aliphatic rings. The van der Waals surface area contributed by atoms with Gasteiger partial charge in [0.2, 0.25) is 11.7 Å². The first-order chi connectivity index (χ1) is 8.95. The molecule has 1 aromatic carbocycles. The van der Waals surface area contributed by atoms with Gasteiger partial charge in [-0.3, -0.25) is 0 Å². The second-order valence-corrected chi connectivity index (χ2v) is 4.74. The van der Waals surface area contributed by atoms with Crippen molar-refractivity contribution in [1.29, 1.82) is 0 Å². The predicted octanol–water partition coefficient (Wildman–Crippen LogP) is 3.67. The first-order valence-corrected chi connectivity index (χ1v) is 6.21. The summed E-state index contributed by atoms with van der Waals surface area (Å²) in [5, 5.41) is 3.29. The molecular formula is C14H16F2N2O. The first-order valence-electron chi connectivity index (χ1n) is 6.21. The smallest absolute Gasteiger partial charge is 0.307 e. The molecule has 0 radical (unpaired) electrons. The van der Waals surface area contributed by atoms with Gasteiger partial charge in [-0.1, -0.05) is 35.0 Å². The van der Waals surface area contributed by atoms with Gasteiger partial charge >= 0.3 is 5.92 Å². The zero-order valence-corrected chi connectivity index (χ0v) is 11.0. The van der Waals surface area contributed by atoms with Gasteiger partial charge in [0.05, 0.1) is 0 Å². The molecule has 0 saturated heterocycles. The van der Waals surface area contributed by atoms with E-state index < -0.39 is 11.7 Å². The third-order valence-electron chi connectivity index (χ3n) is 2.84. The summed E-state index contributed by atoms with van der Waals surface area (Å²) >= 11 is 0. The van der Waals surface area contributed by atoms with Gasteiger partial charge in [-0.2, -0.15) is 13.8 Å². The Labute approximate surface area is 110 Å². The monoisotopic (exact) mass is 266 g/mol. The highest BCUT2D eigenvalue weighted by molar-refractivity contribution is 5.21. The number of rotatable bonds is 5. The summed E-state index contributed by atoms with van der Waals surface area (Å²) in [6.07, 6.45) is 2.16. The lowest BCUT2D eigenvalue weighted by atomic mass is 10.1. The number of nitrogens with zero attached hydrogens (tertiary/aromatic N) is 2. The van der Waals surface area contributed by atoms with Gasteiger partial charge in [0.15, 0.2) is 0 Å². The minimum atomic E-state index is -3.04. The molecule has 0 N–H and O–H groups in total. The zero-order valence-electron chi connectivity index (χ0n) is 11.0. The molecule has 0 spiro atoms. The third kappa shape index (κ3) is 3.84. The van der Waals surface area contributed by atoms with E-state index in [0.29, 0.717) is 6.42 Å². The molecule has 3 nitrogen and oxygen atoms in total. The van der Waals surface area contributed by atoms with Gasteiger partial charge in [-0.15, -0.1) is 0 Å². The number of alkyl halides is 2. The van der Waals surface area contributed by atoms with Gasteiger partial charge in [0.25, 0.3) is 0 Å². The van der Waals surface area contributed by atoms with Crippen LogP contribution in [0.2, 0.25) is 0 Å². The zero-order chi connectivity index (χ0) is 13.9. The van der Waals surface area contributed by atoms with Gasteiger partial charge in [0, 0.05) is 13.3 Å². The Morgan fingerprint density at radius 3 is 2.42 bits per heavy atom. The van der Waals surface area contributed by atoms with Crippen molar-refractivity contribution in [2.45, 2.75) is 39.0 Å². The number of aryl methyl sites for hydroxylation is 3. The van der Waals surface area contributed by atoms with Crippen molar-refractivity contribution in [2.75, 3.05) is 0 Å². The molecule has 0 aliphatic heterocycles. The van der Waals surface area contributed by atoms with Crippen molar-refractivity contribution in [1.82, 2.24) is 10.1 Å². The average molecular weight is 266 g/mol. The van der Waals surface area contributed by atoms with Crippen LogP contribution in [0, 0.1) is 6.92 Å². The lowest BCUT2D eigenvalue weighted by Crippen LogP contribution is -2.09. The Bertz CT molecular complexity index is 529. The highest BCUT2D eigenvalue weighted by Crippen LogP contribution is 2.23. The van der Waals surface area contributed by atoms with E-state index in [1.807, 2.05) is 6.92 Å². The Morgan fingerprint density at radius 2 is 1.84 bits per heavy atom. The molecule has 1 heterocycles. The normalized spacial score (nSPS) is 11.8. The van der Waals surface area contributed by atoms with E-state index in [0.717, 1.165) is 19.8 Å². The molecule has 102 valence electrons. The summed E-state index contributed by atoms with van der Waals surface area (Å²) in [5.74, 6) is -3.32. The van der Waals surface area contributed by atoms with Crippen molar-refractivity contribution >= 4 is 0 Å². The molecular weight excluding hydrogens is 250 g/mol. The van der Waals surface area contributed by atoms with Crippen LogP contribution in [-0.2, 0) is 18.8 Å². The fourth-order valence-corrected chi connectivity index (χ4v) is 1.73. The quantitative estimate of drug-likeness (QED) is 0.829. The Morgan fingerprint density at radius 1 is 1.16 bits per heavy atom. The van der Waals surface area contributed by atoms with Crippen LogP contribution in [0.1, 0.15) is 36.2 Å². The number of hydrogen-bond donors (Lipinski definition) is 0. The van der Waals surface area contributed by atoms with Crippen molar-refractivity contribution in [3.8, 4) is 0 Å². The van der Waals surface area contributed by atoms with E-state index in [9.17, 15) is 8.78 Å². The van der Waals surface area contributed by atoms with Crippen LogP contribution in [0.3, 0.4) is 0 Å². The number of aromatic nitrogens is 2. The van der Waals surface area contributed by atoms with Gasteiger partial charge in [-0.05, 0) is 25.3 Å². The highest BCUT2D eigenvalue weighted by atomic mass is 19.3. The number of hydrogen-bond acceptors (Lipinski definition) is 3. The topological polar surface area (TPSA) is 38.9 Å². The van der Waals surface area contributed by atoms with E-state index >= 15 is 0 Å². The molecule has 1 aromatic heterocycles. The maximum Gasteiger partial charge on any atom is 0.307 e. The second kappa shape index (κ2) is 5.47. The van der Waals surface area contributed by atoms with E-state index in [1.54, 1.807) is 0 Å². The Kier molecular flexibility index (Phi) is 3.93. The molecule has 19 heavy (non-hydrogen) atoms. The van der Waals surface area contributed by atoms with Crippen LogP contribution in [0.4, 0.5) is 8.78 Å². The maximum atomic E-state index is 12.9. The third-order valence-corrected chi connectivity index (χ3v) is 2.84. The van der Waals surface area contributed by atoms with Crippen LogP contribution in [0.15, 0.2) is 28.8 Å². The van der Waals surface area contributed by atoms with E-state index in [1.165, 1.54) is 11.1 Å². The summed E-state index contributed by atoms with van der Waals surface area (Å²) in [5.41, 5.74) is 2.43. The summed E-state index contributed by atoms with van der Waals surface area (Å²) in [4.78, 5) is 3.70. The molecule has 0 amide bonds. The summed E-state index contributed by atoms with van der Waals surface area (Å²) < 4.78 is 30.6. The summed E-state index contributed by atoms with van der Waals surface area (Å²) in [6.45, 7) is 2.79. The predicted molar refractivity (Wildman–Crippen MR) is 67.1 cm³/mol. The number of halogens is 2. The lowest BCUT2D eigenvalue weighted by Gasteiger charge is -2.01. The minimum Gasteiger partial charge on any atom is -0.339 e. The average Bonchev–Trinajstić information content (AvgIpc) is 2.80. The first kappa shape index (κ1) is 13.6. The molecule has 2 rings (SSSR count). The van der Waals surface area contributed by atoms with Crippen molar-refractivity contribution in [3.63, 3.8) is 0 Å². The van der Waals surface area contributed by atoms with Crippen LogP contribution < -0.4 is 0 Å². The molecule has 0 unspecified atom stereocenters. The largest absolute Gasteiger partial charge is 0.339 e. The Balaban J connectivity index is 1.86. The molecule has 0 bridgehead atoms. The van der Waals surface area contributed by atoms with Gasteiger partial charge < -0.3 is 4.52 Å². The SMILES string of the molecule is Cc1ccc(CCCc2nc(C(C)(F)F)no2)cc1. The molecule has 0 aliphatic carbocycles. The van der Waals surface area contributed by atoms with Crippen molar-refractivity contribution in [3.05, 3.63) is 47.1 Å². The van der Waals surface area contributed by atoms with Crippen molar-refractivity contribution in [2.24, 2.45) is 0 Å². The standard InChI is InChI=1S/C14H16F2N2O/c1-10-6-8-11(9-7-10)4-3-5-12-17-13(18-19-12)14(2,15)16/h6-9H,3-5H2,1-2H3. The molecule has 0 saturated carbocycles. The summed E-state index contributed by atoms with van der Waals surface area (Å²) in [7, 11) is 0. The van der Waals surface area contributed by atoms with Gasteiger partial charge in [0.1, 0.15) is 0 Å². The van der Waals surface area contributed by atoms with Crippen molar-refractivity contribution < 1.29 is 13.3 Å². The van der Waals surface area contributed by atoms with E-state index in [-0.39, 0.29) is 5.89 Å². The molecule has 2 aromatic rings. The minimum absolute atomic E-state index is 0.267. The highest BCUT2D eigenvalue weighted by Gasteiger charge is 2.30. The lowest BCUT2D eigenvalue weighted by molar-refractivity contribution is 0.00559. The molecule has 0 fully saturated rings. The molecule has 0 atom stereocenters. The summed E-state index contributed by atoms with van der Waals surface area (Å²) in [6, 6.07) is 8.24. The molecule has 5 heteroatoms. The second-order valence-electron chi connectivity index (χ2n) is 4.74. The van der Waals surface area contributed by atoms with Crippen LogP contribution in [0.5, 0.6) is 0 Å². The van der Waals surface area contributed by atoms with Crippen LogP contribution in [0.25, 0.3) is 0 Å². The van der Waals surface area contributed by atoms with Gasteiger partial charge in [-0.25, -0.2) is 0 Å². The van der Waals surface area contributed by atoms with E-state index in [2.05, 4.69) is 34.4 Å². The fraction of sp³-hybridized carbons (Fsp3) is 0.429. The van der Waals surface area contributed by atoms with E-state index in [4.69, 9.17) is 4.52 Å². The van der Waals surface area contributed by atoms with Crippen LogP contribution in [-0.4, -0.2) is 10.1 Å². The maximum absolute atomic E-state index is 12.9. The van der Waals surface area contributed by atoms with Crippen LogP contribution >= 0.6 is 0 Å². The Hall–Kier alpha value is -1.78.